The highest BCUT2D eigenvalue weighted by Crippen LogP contribution is 2.31. The first-order valence-corrected chi connectivity index (χ1v) is 5.71. The molecule has 1 aliphatic heterocycles. The minimum absolute atomic E-state index is 0.0317. The van der Waals surface area contributed by atoms with E-state index in [1.807, 2.05) is 13.8 Å². The molecule has 0 aliphatic carbocycles. The van der Waals surface area contributed by atoms with Gasteiger partial charge in [-0.2, -0.15) is 0 Å². The number of nitrogens with zero attached hydrogens (tertiary/aromatic N) is 1. The highest BCUT2D eigenvalue weighted by molar-refractivity contribution is 5.97. The fourth-order valence-corrected chi connectivity index (χ4v) is 2.11. The Bertz CT molecular complexity index is 297. The molecule has 0 unspecified atom stereocenters. The van der Waals surface area contributed by atoms with Crippen molar-refractivity contribution in [3.05, 3.63) is 0 Å². The average Bonchev–Trinajstić information content (AvgIpc) is 2.39. The topological polar surface area (TPSA) is 46.6 Å². The van der Waals surface area contributed by atoms with E-state index in [0.29, 0.717) is 12.5 Å². The van der Waals surface area contributed by atoms with Gasteiger partial charge in [-0.25, -0.2) is 0 Å². The predicted octanol–water partition coefficient (Wildman–Crippen LogP) is 1.58. The van der Waals surface area contributed by atoms with Crippen molar-refractivity contribution in [2.24, 2.45) is 5.92 Å². The smallest absolute Gasteiger partial charge is 0.232 e. The second-order valence-corrected chi connectivity index (χ2v) is 5.21. The number of carbonyl (C=O) groups is 2. The Hall–Kier alpha value is -0.900. The van der Waals surface area contributed by atoms with Gasteiger partial charge in [0.05, 0.1) is 19.1 Å². The molecule has 16 heavy (non-hydrogen) atoms. The van der Waals surface area contributed by atoms with Gasteiger partial charge in [-0.1, -0.05) is 13.8 Å². The minimum Gasteiger partial charge on any atom is -0.354 e. The number of amides is 1. The lowest BCUT2D eigenvalue weighted by Crippen LogP contribution is -2.49. The van der Waals surface area contributed by atoms with Crippen LogP contribution in [-0.2, 0) is 14.3 Å². The van der Waals surface area contributed by atoms with E-state index in [2.05, 4.69) is 13.8 Å². The third kappa shape index (κ3) is 2.61. The zero-order valence-electron chi connectivity index (χ0n) is 10.7. The molecule has 0 N–H and O–H groups in total. The molecule has 1 fully saturated rings. The average molecular weight is 227 g/mol. The van der Waals surface area contributed by atoms with E-state index in [-0.39, 0.29) is 24.2 Å². The molecule has 1 atom stereocenters. The van der Waals surface area contributed by atoms with Crippen LogP contribution in [0.1, 0.15) is 41.0 Å². The monoisotopic (exact) mass is 227 g/mol. The van der Waals surface area contributed by atoms with Gasteiger partial charge in [0.25, 0.3) is 0 Å². The highest BCUT2D eigenvalue weighted by Gasteiger charge is 2.44. The predicted molar refractivity (Wildman–Crippen MR) is 60.8 cm³/mol. The van der Waals surface area contributed by atoms with Gasteiger partial charge in [-0.3, -0.25) is 9.59 Å². The lowest BCUT2D eigenvalue weighted by atomic mass is 10.0. The second kappa shape index (κ2) is 4.53. The van der Waals surface area contributed by atoms with Gasteiger partial charge in [0.1, 0.15) is 11.5 Å². The summed E-state index contributed by atoms with van der Waals surface area (Å²) in [5.74, 6) is 0.0987. The van der Waals surface area contributed by atoms with Gasteiger partial charge in [-0.15, -0.1) is 0 Å². The molecule has 1 saturated heterocycles. The molecule has 0 bridgehead atoms. The molecule has 0 aromatic heterocycles. The van der Waals surface area contributed by atoms with Crippen molar-refractivity contribution < 1.29 is 14.3 Å². The van der Waals surface area contributed by atoms with Crippen molar-refractivity contribution in [2.75, 3.05) is 6.61 Å². The fourth-order valence-electron chi connectivity index (χ4n) is 2.11. The third-order valence-corrected chi connectivity index (χ3v) is 2.96. The standard InChI is InChI=1S/C12H21NO3/c1-8(2)10-7-16-12(4,5)13(10)11(15)6-9(3)14/h8,10H,6-7H2,1-5H3/t10-/m1/s1. The zero-order valence-corrected chi connectivity index (χ0v) is 10.7. The van der Waals surface area contributed by atoms with Gasteiger partial charge in [0, 0.05) is 0 Å². The summed E-state index contributed by atoms with van der Waals surface area (Å²) in [6.45, 7) is 9.84. The first-order chi connectivity index (χ1) is 7.25. The van der Waals surface area contributed by atoms with Gasteiger partial charge < -0.3 is 9.64 Å². The van der Waals surface area contributed by atoms with Crippen molar-refractivity contribution in [1.82, 2.24) is 4.90 Å². The van der Waals surface area contributed by atoms with Gasteiger partial charge in [-0.05, 0) is 26.7 Å². The first kappa shape index (κ1) is 13.2. The largest absolute Gasteiger partial charge is 0.354 e. The Labute approximate surface area is 96.9 Å². The van der Waals surface area contributed by atoms with Crippen molar-refractivity contribution in [3.8, 4) is 0 Å². The molecule has 4 nitrogen and oxygen atoms in total. The summed E-state index contributed by atoms with van der Waals surface area (Å²) in [6, 6.07) is 0.0712. The van der Waals surface area contributed by atoms with E-state index >= 15 is 0 Å². The van der Waals surface area contributed by atoms with Crippen LogP contribution in [0.5, 0.6) is 0 Å². The first-order valence-electron chi connectivity index (χ1n) is 5.71. The molecule has 4 heteroatoms. The second-order valence-electron chi connectivity index (χ2n) is 5.21. The van der Waals surface area contributed by atoms with Crippen LogP contribution in [0.3, 0.4) is 0 Å². The molecule has 0 saturated carbocycles. The summed E-state index contributed by atoms with van der Waals surface area (Å²) in [4.78, 5) is 24.7. The normalized spacial score (nSPS) is 23.9. The van der Waals surface area contributed by atoms with E-state index in [1.54, 1.807) is 4.90 Å². The summed E-state index contributed by atoms with van der Waals surface area (Å²) in [5, 5.41) is 0. The van der Waals surface area contributed by atoms with Crippen molar-refractivity contribution in [2.45, 2.75) is 52.8 Å². The molecule has 1 rings (SSSR count). The third-order valence-electron chi connectivity index (χ3n) is 2.96. The van der Waals surface area contributed by atoms with E-state index in [9.17, 15) is 9.59 Å². The highest BCUT2D eigenvalue weighted by atomic mass is 16.5. The summed E-state index contributed by atoms with van der Waals surface area (Å²) in [7, 11) is 0. The maximum atomic E-state index is 12.0. The minimum atomic E-state index is -0.596. The van der Waals surface area contributed by atoms with E-state index in [1.165, 1.54) is 6.92 Å². The molecule has 0 aromatic carbocycles. The molecule has 0 aromatic rings. The molecular formula is C12H21NO3. The van der Waals surface area contributed by atoms with Crippen LogP contribution < -0.4 is 0 Å². The lowest BCUT2D eigenvalue weighted by Gasteiger charge is -2.35. The SMILES string of the molecule is CC(=O)CC(=O)N1[C@@H](C(C)C)COC1(C)C. The summed E-state index contributed by atoms with van der Waals surface area (Å²) < 4.78 is 5.62. The molecule has 1 heterocycles. The number of hydrogen-bond donors (Lipinski definition) is 0. The Morgan fingerprint density at radius 3 is 2.44 bits per heavy atom. The van der Waals surface area contributed by atoms with Crippen LogP contribution in [0.25, 0.3) is 0 Å². The Kier molecular flexibility index (Phi) is 3.73. The number of rotatable bonds is 3. The molecular weight excluding hydrogens is 206 g/mol. The number of ketones is 1. The molecule has 0 spiro atoms. The molecule has 1 aliphatic rings. The van der Waals surface area contributed by atoms with Crippen molar-refractivity contribution in [1.29, 1.82) is 0 Å². The van der Waals surface area contributed by atoms with Crippen molar-refractivity contribution >= 4 is 11.7 Å². The van der Waals surface area contributed by atoms with Gasteiger partial charge in [0.2, 0.25) is 5.91 Å². The van der Waals surface area contributed by atoms with Crippen LogP contribution in [-0.4, -0.2) is 35.0 Å². The summed E-state index contributed by atoms with van der Waals surface area (Å²) in [6.07, 6.45) is -0.0317. The van der Waals surface area contributed by atoms with Crippen molar-refractivity contribution in [3.63, 3.8) is 0 Å². The Morgan fingerprint density at radius 1 is 1.44 bits per heavy atom. The van der Waals surface area contributed by atoms with E-state index in [0.717, 1.165) is 0 Å². The number of hydrogen-bond acceptors (Lipinski definition) is 3. The molecule has 92 valence electrons. The Morgan fingerprint density at radius 2 is 2.00 bits per heavy atom. The number of ether oxygens (including phenoxy) is 1. The van der Waals surface area contributed by atoms with Crippen LogP contribution in [0.15, 0.2) is 0 Å². The van der Waals surface area contributed by atoms with Gasteiger partial charge in [0.15, 0.2) is 0 Å². The van der Waals surface area contributed by atoms with Crippen LogP contribution in [0.2, 0.25) is 0 Å². The quantitative estimate of drug-likeness (QED) is 0.688. The lowest BCUT2D eigenvalue weighted by molar-refractivity contribution is -0.148. The van der Waals surface area contributed by atoms with Gasteiger partial charge >= 0.3 is 0 Å². The fraction of sp³-hybridized carbons (Fsp3) is 0.833. The maximum Gasteiger partial charge on any atom is 0.232 e. The zero-order chi connectivity index (χ0) is 12.5. The molecule has 0 radical (unpaired) electrons. The van der Waals surface area contributed by atoms with Crippen LogP contribution in [0.4, 0.5) is 0 Å². The molecule has 1 amide bonds. The Balaban J connectivity index is 2.86. The number of carbonyl (C=O) groups excluding carboxylic acids is 2. The van der Waals surface area contributed by atoms with E-state index in [4.69, 9.17) is 4.74 Å². The van der Waals surface area contributed by atoms with E-state index < -0.39 is 5.72 Å². The summed E-state index contributed by atoms with van der Waals surface area (Å²) in [5.41, 5.74) is -0.596. The maximum absolute atomic E-state index is 12.0. The van der Waals surface area contributed by atoms with Crippen LogP contribution in [0, 0.1) is 5.92 Å². The van der Waals surface area contributed by atoms with Crippen LogP contribution >= 0.6 is 0 Å². The summed E-state index contributed by atoms with van der Waals surface area (Å²) >= 11 is 0. The number of Topliss-reactive ketones (excluding diaryl/α,β-unsaturated/α-hetero) is 1.